The molecule has 0 aromatic heterocycles. The summed E-state index contributed by atoms with van der Waals surface area (Å²) in [7, 11) is 0. The second kappa shape index (κ2) is 2.19. The first kappa shape index (κ1) is 7.99. The Balaban J connectivity index is 2.43. The topological polar surface area (TPSA) is 37.3 Å². The second-order valence-electron chi connectivity index (χ2n) is 4.18. The first-order valence-corrected chi connectivity index (χ1v) is 4.47. The predicted molar refractivity (Wildman–Crippen MR) is 45.6 cm³/mol. The Morgan fingerprint density at radius 2 is 2.25 bits per heavy atom. The lowest BCUT2D eigenvalue weighted by atomic mass is 9.78. The van der Waals surface area contributed by atoms with Gasteiger partial charge in [-0.2, -0.15) is 0 Å². The fraction of sp³-hybridized carbons (Fsp3) is 0.700. The Morgan fingerprint density at radius 3 is 2.83 bits per heavy atom. The van der Waals surface area contributed by atoms with Gasteiger partial charge >= 0.3 is 0 Å². The third kappa shape index (κ3) is 0.712. The van der Waals surface area contributed by atoms with Gasteiger partial charge in [-0.25, -0.2) is 0 Å². The molecule has 1 N–H and O–H groups in total. The van der Waals surface area contributed by atoms with Crippen LogP contribution in [0.25, 0.3) is 0 Å². The Kier molecular flexibility index (Phi) is 1.46. The fourth-order valence-corrected chi connectivity index (χ4v) is 2.66. The van der Waals surface area contributed by atoms with Gasteiger partial charge in [-0.15, -0.1) is 0 Å². The number of ketones is 1. The van der Waals surface area contributed by atoms with Crippen molar-refractivity contribution in [2.24, 2.45) is 11.3 Å². The summed E-state index contributed by atoms with van der Waals surface area (Å²) in [6, 6.07) is 0. The highest BCUT2D eigenvalue weighted by atomic mass is 16.3. The van der Waals surface area contributed by atoms with Crippen molar-refractivity contribution in [3.63, 3.8) is 0 Å². The summed E-state index contributed by atoms with van der Waals surface area (Å²) in [6.07, 6.45) is 3.01. The summed E-state index contributed by atoms with van der Waals surface area (Å²) in [5.74, 6) is 0.426. The lowest BCUT2D eigenvalue weighted by molar-refractivity contribution is -0.127. The summed E-state index contributed by atoms with van der Waals surface area (Å²) in [5, 5.41) is 9.69. The number of hydrogen-bond acceptors (Lipinski definition) is 2. The van der Waals surface area contributed by atoms with Crippen LogP contribution in [0.4, 0.5) is 0 Å². The molecule has 0 saturated heterocycles. The maximum absolute atomic E-state index is 11.6. The average molecular weight is 166 g/mol. The molecule has 2 aliphatic carbocycles. The number of allylic oxidation sites excluding steroid dienone is 2. The molecule has 66 valence electrons. The average Bonchev–Trinajstić information content (AvgIpc) is 2.39. The zero-order valence-corrected chi connectivity index (χ0v) is 7.50. The molecule has 0 aromatic rings. The fourth-order valence-electron chi connectivity index (χ4n) is 2.66. The van der Waals surface area contributed by atoms with Gasteiger partial charge in [0.2, 0.25) is 0 Å². The molecule has 0 radical (unpaired) electrons. The summed E-state index contributed by atoms with van der Waals surface area (Å²) >= 11 is 0. The largest absolute Gasteiger partial charge is 0.392 e. The minimum absolute atomic E-state index is 0.120. The van der Waals surface area contributed by atoms with E-state index in [2.05, 4.69) is 0 Å². The molecule has 0 amide bonds. The van der Waals surface area contributed by atoms with Crippen LogP contribution in [0, 0.1) is 11.3 Å². The lowest BCUT2D eigenvalue weighted by Gasteiger charge is -2.26. The van der Waals surface area contributed by atoms with Crippen molar-refractivity contribution in [2.75, 3.05) is 0 Å². The van der Waals surface area contributed by atoms with E-state index in [0.29, 0.717) is 5.92 Å². The monoisotopic (exact) mass is 166 g/mol. The molecule has 0 heterocycles. The minimum Gasteiger partial charge on any atom is -0.392 e. The molecule has 12 heavy (non-hydrogen) atoms. The highest BCUT2D eigenvalue weighted by Gasteiger charge is 2.54. The first-order valence-electron chi connectivity index (χ1n) is 4.47. The van der Waals surface area contributed by atoms with E-state index in [4.69, 9.17) is 0 Å². The number of aliphatic hydroxyl groups excluding tert-OH is 1. The van der Waals surface area contributed by atoms with E-state index in [0.717, 1.165) is 18.4 Å². The van der Waals surface area contributed by atoms with Crippen molar-refractivity contribution in [3.8, 4) is 0 Å². The zero-order valence-electron chi connectivity index (χ0n) is 7.50. The van der Waals surface area contributed by atoms with Gasteiger partial charge in [0.05, 0.1) is 11.5 Å². The van der Waals surface area contributed by atoms with Crippen molar-refractivity contribution in [3.05, 3.63) is 11.6 Å². The molecule has 0 bridgehead atoms. The number of aliphatic hydroxyl groups is 1. The van der Waals surface area contributed by atoms with E-state index in [9.17, 15) is 9.90 Å². The molecule has 0 aromatic carbocycles. The summed E-state index contributed by atoms with van der Waals surface area (Å²) < 4.78 is 0. The predicted octanol–water partition coefficient (Wildman–Crippen LogP) is 1.29. The smallest absolute Gasteiger partial charge is 0.164 e. The number of rotatable bonds is 0. The Hall–Kier alpha value is -0.630. The zero-order chi connectivity index (χ0) is 8.93. The van der Waals surface area contributed by atoms with Gasteiger partial charge in [-0.1, -0.05) is 5.57 Å². The van der Waals surface area contributed by atoms with Crippen molar-refractivity contribution >= 4 is 5.78 Å². The first-order chi connectivity index (χ1) is 5.56. The van der Waals surface area contributed by atoms with Crippen LogP contribution in [0.2, 0.25) is 0 Å². The molecule has 2 aliphatic rings. The highest BCUT2D eigenvalue weighted by Crippen LogP contribution is 2.51. The van der Waals surface area contributed by atoms with Crippen LogP contribution in [0.15, 0.2) is 11.6 Å². The molecule has 0 unspecified atom stereocenters. The van der Waals surface area contributed by atoms with Crippen molar-refractivity contribution < 1.29 is 9.90 Å². The van der Waals surface area contributed by atoms with Crippen LogP contribution >= 0.6 is 0 Å². The quantitative estimate of drug-likeness (QED) is 0.588. The van der Waals surface area contributed by atoms with Crippen molar-refractivity contribution in [1.29, 1.82) is 0 Å². The molecule has 3 atom stereocenters. The molecule has 0 spiro atoms. The van der Waals surface area contributed by atoms with E-state index in [1.54, 1.807) is 6.08 Å². The van der Waals surface area contributed by atoms with Crippen LogP contribution in [0.3, 0.4) is 0 Å². The Labute approximate surface area is 72.3 Å². The number of hydrogen-bond donors (Lipinski definition) is 1. The van der Waals surface area contributed by atoms with Gasteiger partial charge in [-0.05, 0) is 38.7 Å². The summed E-state index contributed by atoms with van der Waals surface area (Å²) in [4.78, 5) is 11.6. The second-order valence-corrected chi connectivity index (χ2v) is 4.18. The van der Waals surface area contributed by atoms with Gasteiger partial charge in [0, 0.05) is 0 Å². The van der Waals surface area contributed by atoms with Crippen LogP contribution in [0.5, 0.6) is 0 Å². The minimum atomic E-state index is -0.482. The van der Waals surface area contributed by atoms with Crippen LogP contribution in [0.1, 0.15) is 26.7 Å². The maximum Gasteiger partial charge on any atom is 0.164 e. The third-order valence-corrected chi connectivity index (χ3v) is 3.58. The Morgan fingerprint density at radius 1 is 1.58 bits per heavy atom. The lowest BCUT2D eigenvalue weighted by Crippen LogP contribution is -2.36. The van der Waals surface area contributed by atoms with Crippen molar-refractivity contribution in [1.82, 2.24) is 0 Å². The molecule has 2 nitrogen and oxygen atoms in total. The maximum atomic E-state index is 11.6. The standard InChI is InChI=1S/C10H14O2/c1-6-5-9(12)10(2)7(6)3-4-8(10)11/h5,7-8,11H,3-4H2,1-2H3/t7-,8-,10+/m1/s1. The summed E-state index contributed by atoms with van der Waals surface area (Å²) in [6.45, 7) is 3.89. The van der Waals surface area contributed by atoms with E-state index in [1.807, 2.05) is 13.8 Å². The number of carbonyl (C=O) groups excluding carboxylic acids is 1. The van der Waals surface area contributed by atoms with E-state index < -0.39 is 11.5 Å². The Bertz CT molecular complexity index is 267. The molecule has 0 aliphatic heterocycles. The van der Waals surface area contributed by atoms with Gasteiger partial charge in [0.25, 0.3) is 0 Å². The molecule has 2 rings (SSSR count). The van der Waals surface area contributed by atoms with Crippen LogP contribution in [-0.2, 0) is 4.79 Å². The molecule has 1 saturated carbocycles. The molecule has 1 fully saturated rings. The molecule has 2 heteroatoms. The van der Waals surface area contributed by atoms with Gasteiger partial charge in [-0.3, -0.25) is 4.79 Å². The number of carbonyl (C=O) groups is 1. The van der Waals surface area contributed by atoms with Gasteiger partial charge in [0.1, 0.15) is 0 Å². The number of fused-ring (bicyclic) bond motifs is 1. The third-order valence-electron chi connectivity index (χ3n) is 3.58. The highest BCUT2D eigenvalue weighted by molar-refractivity contribution is 5.99. The summed E-state index contributed by atoms with van der Waals surface area (Å²) in [5.41, 5.74) is 0.670. The van der Waals surface area contributed by atoms with Crippen LogP contribution in [-0.4, -0.2) is 17.0 Å². The van der Waals surface area contributed by atoms with Gasteiger partial charge < -0.3 is 5.11 Å². The molecular formula is C10H14O2. The van der Waals surface area contributed by atoms with E-state index >= 15 is 0 Å². The van der Waals surface area contributed by atoms with Crippen molar-refractivity contribution in [2.45, 2.75) is 32.8 Å². The van der Waals surface area contributed by atoms with E-state index in [1.165, 1.54) is 0 Å². The van der Waals surface area contributed by atoms with E-state index in [-0.39, 0.29) is 5.78 Å². The van der Waals surface area contributed by atoms with Crippen LogP contribution < -0.4 is 0 Å². The van der Waals surface area contributed by atoms with Gasteiger partial charge in [0.15, 0.2) is 5.78 Å². The normalized spacial score (nSPS) is 46.2. The molecular weight excluding hydrogens is 152 g/mol. The SMILES string of the molecule is CC1=CC(=O)[C@]2(C)[C@H](O)CC[C@H]12.